The Labute approximate surface area is 154 Å². The minimum absolute atomic E-state index is 0.172. The van der Waals surface area contributed by atoms with Crippen molar-refractivity contribution in [2.24, 2.45) is 0 Å². The van der Waals surface area contributed by atoms with E-state index in [-0.39, 0.29) is 5.56 Å². The number of carboxylic acids is 1. The molecule has 0 radical (unpaired) electrons. The van der Waals surface area contributed by atoms with Gasteiger partial charge in [-0.3, -0.25) is 0 Å². The molecule has 2 rings (SSSR count). The van der Waals surface area contributed by atoms with E-state index in [1.165, 1.54) is 12.1 Å². The molecule has 0 unspecified atom stereocenters. The summed E-state index contributed by atoms with van der Waals surface area (Å²) >= 11 is 3.47. The molecular weight excluding hydrogens is 386 g/mol. The second-order valence-corrected chi connectivity index (χ2v) is 5.86. The van der Waals surface area contributed by atoms with Crippen LogP contribution >= 0.6 is 15.9 Å². The second-order valence-electron chi connectivity index (χ2n) is 5.01. The summed E-state index contributed by atoms with van der Waals surface area (Å²) in [6, 6.07) is 11.9. The Hall–Kier alpha value is -2.78. The number of carbonyl (C=O) groups is 1. The van der Waals surface area contributed by atoms with Crippen molar-refractivity contribution in [2.75, 3.05) is 13.7 Å². The van der Waals surface area contributed by atoms with Gasteiger partial charge < -0.3 is 14.6 Å². The van der Waals surface area contributed by atoms with E-state index in [1.807, 2.05) is 6.92 Å². The van der Waals surface area contributed by atoms with Crippen LogP contribution in [0.15, 0.2) is 40.9 Å². The van der Waals surface area contributed by atoms with Gasteiger partial charge in [-0.15, -0.1) is 0 Å². The van der Waals surface area contributed by atoms with E-state index in [1.54, 1.807) is 37.5 Å². The van der Waals surface area contributed by atoms with Crippen molar-refractivity contribution in [3.05, 3.63) is 57.6 Å². The average molecular weight is 402 g/mol. The predicted octanol–water partition coefficient (Wildman–Crippen LogP) is 4.62. The van der Waals surface area contributed by atoms with Crippen molar-refractivity contribution in [2.45, 2.75) is 6.92 Å². The topological polar surface area (TPSA) is 79.5 Å². The molecule has 0 saturated carbocycles. The number of halogens is 1. The molecule has 5 nitrogen and oxygen atoms in total. The molecule has 25 heavy (non-hydrogen) atoms. The van der Waals surface area contributed by atoms with Crippen molar-refractivity contribution in [1.82, 2.24) is 0 Å². The lowest BCUT2D eigenvalue weighted by molar-refractivity contribution is 0.0697. The van der Waals surface area contributed by atoms with Crippen molar-refractivity contribution in [3.63, 3.8) is 0 Å². The fraction of sp³-hybridized carbons (Fsp3) is 0.158. The fourth-order valence-electron chi connectivity index (χ4n) is 2.22. The van der Waals surface area contributed by atoms with E-state index in [9.17, 15) is 10.1 Å². The maximum Gasteiger partial charge on any atom is 0.335 e. The number of aromatic carboxylic acids is 1. The fourth-order valence-corrected chi connectivity index (χ4v) is 2.65. The van der Waals surface area contributed by atoms with Crippen LogP contribution in [-0.4, -0.2) is 24.8 Å². The Kier molecular flexibility index (Phi) is 6.20. The van der Waals surface area contributed by atoms with Gasteiger partial charge in [0.05, 0.1) is 30.9 Å². The first kappa shape index (κ1) is 18.6. The Bertz CT molecular complexity index is 851. The van der Waals surface area contributed by atoms with Gasteiger partial charge in [-0.25, -0.2) is 4.79 Å². The monoisotopic (exact) mass is 401 g/mol. The summed E-state index contributed by atoms with van der Waals surface area (Å²) in [5, 5.41) is 18.4. The van der Waals surface area contributed by atoms with Gasteiger partial charge in [0.1, 0.15) is 0 Å². The molecule has 0 fully saturated rings. The van der Waals surface area contributed by atoms with Gasteiger partial charge in [-0.2, -0.15) is 5.26 Å². The molecule has 128 valence electrons. The molecule has 0 aliphatic rings. The zero-order valence-corrected chi connectivity index (χ0v) is 15.3. The van der Waals surface area contributed by atoms with Crippen LogP contribution < -0.4 is 9.47 Å². The van der Waals surface area contributed by atoms with Gasteiger partial charge in [0, 0.05) is 4.47 Å². The minimum Gasteiger partial charge on any atom is -0.493 e. The lowest BCUT2D eigenvalue weighted by Gasteiger charge is -2.12. The molecule has 0 aromatic heterocycles. The molecule has 0 aliphatic carbocycles. The minimum atomic E-state index is -1.01. The van der Waals surface area contributed by atoms with Gasteiger partial charge in [0.2, 0.25) is 0 Å². The first-order chi connectivity index (χ1) is 12.0. The lowest BCUT2D eigenvalue weighted by Crippen LogP contribution is -1.97. The van der Waals surface area contributed by atoms with Gasteiger partial charge in [-0.05, 0) is 48.4 Å². The smallest absolute Gasteiger partial charge is 0.335 e. The van der Waals surface area contributed by atoms with Gasteiger partial charge >= 0.3 is 5.97 Å². The molecule has 0 heterocycles. The first-order valence-electron chi connectivity index (χ1n) is 7.46. The summed E-state index contributed by atoms with van der Waals surface area (Å²) in [6.07, 6.45) is 1.71. The highest BCUT2D eigenvalue weighted by Crippen LogP contribution is 2.35. The molecule has 0 amide bonds. The second kappa shape index (κ2) is 8.36. The maximum absolute atomic E-state index is 10.9. The zero-order chi connectivity index (χ0) is 18.4. The summed E-state index contributed by atoms with van der Waals surface area (Å²) in [5.74, 6) is 0.168. The number of benzene rings is 2. The molecule has 6 heteroatoms. The molecule has 0 saturated heterocycles. The van der Waals surface area contributed by atoms with Crippen LogP contribution in [0, 0.1) is 11.3 Å². The number of carboxylic acid groups (broad SMARTS) is 1. The van der Waals surface area contributed by atoms with Crippen molar-refractivity contribution >= 4 is 33.5 Å². The third kappa shape index (κ3) is 4.40. The molecular formula is C19H16BrNO4. The molecule has 0 atom stereocenters. The molecule has 2 aromatic rings. The Morgan fingerprint density at radius 1 is 1.24 bits per heavy atom. The Morgan fingerprint density at radius 2 is 1.88 bits per heavy atom. The summed E-state index contributed by atoms with van der Waals surface area (Å²) < 4.78 is 11.6. The highest BCUT2D eigenvalue weighted by molar-refractivity contribution is 9.10. The van der Waals surface area contributed by atoms with E-state index >= 15 is 0 Å². The summed E-state index contributed by atoms with van der Waals surface area (Å²) in [4.78, 5) is 10.9. The molecule has 0 spiro atoms. The van der Waals surface area contributed by atoms with E-state index in [0.29, 0.717) is 29.2 Å². The quantitative estimate of drug-likeness (QED) is 0.564. The van der Waals surface area contributed by atoms with E-state index < -0.39 is 5.97 Å². The van der Waals surface area contributed by atoms with Crippen molar-refractivity contribution < 1.29 is 19.4 Å². The van der Waals surface area contributed by atoms with Crippen LogP contribution in [0.3, 0.4) is 0 Å². The van der Waals surface area contributed by atoms with Crippen LogP contribution in [-0.2, 0) is 0 Å². The molecule has 0 aliphatic heterocycles. The summed E-state index contributed by atoms with van der Waals surface area (Å²) in [5.41, 5.74) is 1.96. The number of nitriles is 1. The zero-order valence-electron chi connectivity index (χ0n) is 13.7. The highest BCUT2D eigenvalue weighted by Gasteiger charge is 2.11. The standard InChI is InChI=1S/C19H16BrNO4/c1-3-25-18-9-14(16(20)10-17(18)24-2)8-15(11-21)12-4-6-13(7-5-12)19(22)23/h4-10H,3H2,1-2H3,(H,22,23). The van der Waals surface area contributed by atoms with Crippen molar-refractivity contribution in [1.29, 1.82) is 5.26 Å². The lowest BCUT2D eigenvalue weighted by atomic mass is 10.0. The number of methoxy groups -OCH3 is 1. The molecule has 2 aromatic carbocycles. The van der Waals surface area contributed by atoms with E-state index in [4.69, 9.17) is 14.6 Å². The maximum atomic E-state index is 10.9. The van der Waals surface area contributed by atoms with Crippen molar-refractivity contribution in [3.8, 4) is 17.6 Å². The summed E-state index contributed by atoms with van der Waals surface area (Å²) in [6.45, 7) is 2.37. The number of hydrogen-bond donors (Lipinski definition) is 1. The Balaban J connectivity index is 2.47. The summed E-state index contributed by atoms with van der Waals surface area (Å²) in [7, 11) is 1.56. The van der Waals surface area contributed by atoms with Crippen LogP contribution in [0.4, 0.5) is 0 Å². The van der Waals surface area contributed by atoms with Crippen LogP contribution in [0.5, 0.6) is 11.5 Å². The Morgan fingerprint density at radius 3 is 2.40 bits per heavy atom. The number of hydrogen-bond acceptors (Lipinski definition) is 4. The molecule has 0 bridgehead atoms. The SMILES string of the molecule is CCOc1cc(C=C(C#N)c2ccc(C(=O)O)cc2)c(Br)cc1OC. The predicted molar refractivity (Wildman–Crippen MR) is 98.7 cm³/mol. The molecule has 1 N–H and O–H groups in total. The number of ether oxygens (including phenoxy) is 2. The average Bonchev–Trinajstić information content (AvgIpc) is 2.62. The number of rotatable bonds is 6. The number of nitrogens with zero attached hydrogens (tertiary/aromatic N) is 1. The highest BCUT2D eigenvalue weighted by atomic mass is 79.9. The van der Waals surface area contributed by atoms with Gasteiger partial charge in [0.25, 0.3) is 0 Å². The normalized spacial score (nSPS) is 10.9. The van der Waals surface area contributed by atoms with Crippen LogP contribution in [0.2, 0.25) is 0 Å². The van der Waals surface area contributed by atoms with Crippen LogP contribution in [0.25, 0.3) is 11.6 Å². The van der Waals surface area contributed by atoms with Gasteiger partial charge in [0.15, 0.2) is 11.5 Å². The van der Waals surface area contributed by atoms with Crippen LogP contribution in [0.1, 0.15) is 28.4 Å². The third-order valence-corrected chi connectivity index (χ3v) is 4.13. The largest absolute Gasteiger partial charge is 0.493 e. The number of allylic oxidation sites excluding steroid dienone is 1. The van der Waals surface area contributed by atoms with E-state index in [0.717, 1.165) is 10.0 Å². The third-order valence-electron chi connectivity index (χ3n) is 3.45. The van der Waals surface area contributed by atoms with E-state index in [2.05, 4.69) is 22.0 Å². The first-order valence-corrected chi connectivity index (χ1v) is 8.25. The van der Waals surface area contributed by atoms with Gasteiger partial charge in [-0.1, -0.05) is 28.1 Å².